The summed E-state index contributed by atoms with van der Waals surface area (Å²) in [5, 5.41) is 8.73. The van der Waals surface area contributed by atoms with Crippen molar-refractivity contribution in [2.24, 2.45) is 0 Å². The van der Waals surface area contributed by atoms with Gasteiger partial charge in [0.05, 0.1) is 18.7 Å². The van der Waals surface area contributed by atoms with Gasteiger partial charge in [-0.15, -0.1) is 0 Å². The molecule has 0 amide bonds. The molecule has 1 aliphatic heterocycles. The highest BCUT2D eigenvalue weighted by Gasteiger charge is 2.22. The molecule has 12 heavy (non-hydrogen) atoms. The Morgan fingerprint density at radius 1 is 1.67 bits per heavy atom. The molecule has 1 aliphatic rings. The summed E-state index contributed by atoms with van der Waals surface area (Å²) in [6.45, 7) is 1.38. The number of aliphatic hydroxyl groups is 1. The van der Waals surface area contributed by atoms with Gasteiger partial charge in [0.15, 0.2) is 5.89 Å². The largest absolute Gasteiger partial charge is 0.443 e. The Labute approximate surface area is 70.2 Å². The van der Waals surface area contributed by atoms with E-state index in [0.717, 1.165) is 13.0 Å². The predicted octanol–water partition coefficient (Wildman–Crippen LogP) is 0.671. The van der Waals surface area contributed by atoms with Crippen molar-refractivity contribution >= 4 is 0 Å². The van der Waals surface area contributed by atoms with Crippen molar-refractivity contribution in [3.05, 3.63) is 17.8 Å². The average Bonchev–Trinajstić information content (AvgIpc) is 2.75. The van der Waals surface area contributed by atoms with E-state index >= 15 is 0 Å². The van der Waals surface area contributed by atoms with E-state index in [0.29, 0.717) is 18.3 Å². The topological polar surface area (TPSA) is 55.5 Å². The van der Waals surface area contributed by atoms with Gasteiger partial charge >= 0.3 is 0 Å². The fraction of sp³-hybridized carbons (Fsp3) is 0.625. The van der Waals surface area contributed by atoms with Gasteiger partial charge in [-0.2, -0.15) is 0 Å². The second-order valence-corrected chi connectivity index (χ2v) is 2.88. The lowest BCUT2D eigenvalue weighted by Crippen LogP contribution is -1.96. The molecule has 66 valence electrons. The second-order valence-electron chi connectivity index (χ2n) is 2.88. The second kappa shape index (κ2) is 3.25. The van der Waals surface area contributed by atoms with Gasteiger partial charge in [-0.25, -0.2) is 4.98 Å². The smallest absolute Gasteiger partial charge is 0.200 e. The SMILES string of the molecule is OCc1cnc(C2CCOC2)o1. The molecule has 1 N–H and O–H groups in total. The molecular formula is C8H11NO3. The van der Waals surface area contributed by atoms with Crippen LogP contribution in [0.5, 0.6) is 0 Å². The van der Waals surface area contributed by atoms with Crippen LogP contribution in [0, 0.1) is 0 Å². The van der Waals surface area contributed by atoms with Crippen LogP contribution >= 0.6 is 0 Å². The number of rotatable bonds is 2. The van der Waals surface area contributed by atoms with Crippen LogP contribution in [0.1, 0.15) is 24.0 Å². The third kappa shape index (κ3) is 1.35. The molecule has 1 aromatic rings. The van der Waals surface area contributed by atoms with E-state index < -0.39 is 0 Å². The highest BCUT2D eigenvalue weighted by atomic mass is 16.5. The number of ether oxygens (including phenoxy) is 1. The predicted molar refractivity (Wildman–Crippen MR) is 40.6 cm³/mol. The standard InChI is InChI=1S/C8H11NO3/c10-4-7-3-9-8(12-7)6-1-2-11-5-6/h3,6,10H,1-2,4-5H2. The summed E-state index contributed by atoms with van der Waals surface area (Å²) in [4.78, 5) is 4.06. The van der Waals surface area contributed by atoms with Crippen molar-refractivity contribution in [3.63, 3.8) is 0 Å². The highest BCUT2D eigenvalue weighted by molar-refractivity contribution is 4.99. The lowest BCUT2D eigenvalue weighted by atomic mass is 10.1. The Balaban J connectivity index is 2.11. The summed E-state index contributed by atoms with van der Waals surface area (Å²) in [6.07, 6.45) is 2.53. The van der Waals surface area contributed by atoms with Crippen molar-refractivity contribution in [3.8, 4) is 0 Å². The van der Waals surface area contributed by atoms with Crippen molar-refractivity contribution in [1.82, 2.24) is 4.98 Å². The number of aromatic nitrogens is 1. The molecule has 0 aromatic carbocycles. The van der Waals surface area contributed by atoms with E-state index in [-0.39, 0.29) is 12.5 Å². The maximum atomic E-state index is 8.73. The Hall–Kier alpha value is -0.870. The molecule has 1 unspecified atom stereocenters. The van der Waals surface area contributed by atoms with Gasteiger partial charge in [-0.1, -0.05) is 0 Å². The molecule has 1 aromatic heterocycles. The molecule has 0 aliphatic carbocycles. The fourth-order valence-electron chi connectivity index (χ4n) is 1.31. The fourth-order valence-corrected chi connectivity index (χ4v) is 1.31. The average molecular weight is 169 g/mol. The summed E-state index contributed by atoms with van der Waals surface area (Å²) >= 11 is 0. The summed E-state index contributed by atoms with van der Waals surface area (Å²) < 4.78 is 10.5. The first-order chi connectivity index (χ1) is 5.90. The zero-order valence-corrected chi connectivity index (χ0v) is 6.69. The highest BCUT2D eigenvalue weighted by Crippen LogP contribution is 2.24. The Morgan fingerprint density at radius 2 is 2.58 bits per heavy atom. The van der Waals surface area contributed by atoms with Crippen LogP contribution in [-0.2, 0) is 11.3 Å². The Kier molecular flexibility index (Phi) is 2.10. The summed E-state index contributed by atoms with van der Waals surface area (Å²) in [5.74, 6) is 1.50. The van der Waals surface area contributed by atoms with Gasteiger partial charge in [-0.3, -0.25) is 0 Å². The zero-order chi connectivity index (χ0) is 8.39. The van der Waals surface area contributed by atoms with Gasteiger partial charge < -0.3 is 14.3 Å². The lowest BCUT2D eigenvalue weighted by molar-refractivity contribution is 0.189. The first-order valence-corrected chi connectivity index (χ1v) is 4.03. The van der Waals surface area contributed by atoms with E-state index in [1.807, 2.05) is 0 Å². The monoisotopic (exact) mass is 169 g/mol. The first-order valence-electron chi connectivity index (χ1n) is 4.03. The molecule has 1 saturated heterocycles. The minimum atomic E-state index is -0.0828. The minimum absolute atomic E-state index is 0.0828. The molecule has 0 spiro atoms. The van der Waals surface area contributed by atoms with Crippen LogP contribution in [0.3, 0.4) is 0 Å². The van der Waals surface area contributed by atoms with Gasteiger partial charge in [0.25, 0.3) is 0 Å². The van der Waals surface area contributed by atoms with Gasteiger partial charge in [0, 0.05) is 6.61 Å². The van der Waals surface area contributed by atoms with Crippen LogP contribution in [0.15, 0.2) is 10.6 Å². The third-order valence-corrected chi connectivity index (χ3v) is 2.01. The molecule has 0 saturated carbocycles. The van der Waals surface area contributed by atoms with Crippen molar-refractivity contribution in [1.29, 1.82) is 0 Å². The van der Waals surface area contributed by atoms with Crippen LogP contribution in [-0.4, -0.2) is 23.3 Å². The van der Waals surface area contributed by atoms with Gasteiger partial charge in [-0.05, 0) is 6.42 Å². The van der Waals surface area contributed by atoms with Crippen LogP contribution < -0.4 is 0 Å². The minimum Gasteiger partial charge on any atom is -0.443 e. The van der Waals surface area contributed by atoms with E-state index in [4.69, 9.17) is 14.3 Å². The summed E-state index contributed by atoms with van der Waals surface area (Å²) in [5.41, 5.74) is 0. The quantitative estimate of drug-likeness (QED) is 0.707. The molecular weight excluding hydrogens is 158 g/mol. The number of aliphatic hydroxyl groups excluding tert-OH is 1. The summed E-state index contributed by atoms with van der Waals surface area (Å²) in [6, 6.07) is 0. The zero-order valence-electron chi connectivity index (χ0n) is 6.69. The maximum Gasteiger partial charge on any atom is 0.200 e. The Morgan fingerprint density at radius 3 is 3.17 bits per heavy atom. The van der Waals surface area contributed by atoms with Crippen LogP contribution in [0.4, 0.5) is 0 Å². The van der Waals surface area contributed by atoms with Crippen molar-refractivity contribution in [2.75, 3.05) is 13.2 Å². The van der Waals surface area contributed by atoms with Crippen molar-refractivity contribution in [2.45, 2.75) is 18.9 Å². The normalized spacial score (nSPS) is 23.2. The van der Waals surface area contributed by atoms with E-state index in [9.17, 15) is 0 Å². The van der Waals surface area contributed by atoms with E-state index in [2.05, 4.69) is 4.98 Å². The molecule has 4 heteroatoms. The molecule has 2 rings (SSSR count). The molecule has 0 bridgehead atoms. The van der Waals surface area contributed by atoms with Crippen LogP contribution in [0.2, 0.25) is 0 Å². The number of nitrogens with zero attached hydrogens (tertiary/aromatic N) is 1. The maximum absolute atomic E-state index is 8.73. The van der Waals surface area contributed by atoms with E-state index in [1.54, 1.807) is 6.20 Å². The van der Waals surface area contributed by atoms with Gasteiger partial charge in [0.2, 0.25) is 0 Å². The van der Waals surface area contributed by atoms with Crippen LogP contribution in [0.25, 0.3) is 0 Å². The van der Waals surface area contributed by atoms with Crippen molar-refractivity contribution < 1.29 is 14.3 Å². The number of hydrogen-bond donors (Lipinski definition) is 1. The van der Waals surface area contributed by atoms with Gasteiger partial charge in [0.1, 0.15) is 12.4 Å². The first kappa shape index (κ1) is 7.76. The molecule has 4 nitrogen and oxygen atoms in total. The molecule has 0 radical (unpaired) electrons. The molecule has 1 fully saturated rings. The summed E-state index contributed by atoms with van der Waals surface area (Å²) in [7, 11) is 0. The lowest BCUT2D eigenvalue weighted by Gasteiger charge is -1.99. The number of hydrogen-bond acceptors (Lipinski definition) is 4. The molecule has 1 atom stereocenters. The third-order valence-electron chi connectivity index (χ3n) is 2.01. The molecule has 2 heterocycles. The van der Waals surface area contributed by atoms with E-state index in [1.165, 1.54) is 0 Å². The Bertz CT molecular complexity index is 253. The number of oxazole rings is 1.